The third kappa shape index (κ3) is 4.89. The van der Waals surface area contributed by atoms with Crippen molar-refractivity contribution in [3.05, 3.63) is 0 Å². The molecule has 0 spiro atoms. The summed E-state index contributed by atoms with van der Waals surface area (Å²) >= 11 is 0. The molecule has 1 aliphatic rings. The first-order valence-corrected chi connectivity index (χ1v) is 5.97. The zero-order chi connectivity index (χ0) is 12.7. The van der Waals surface area contributed by atoms with Crippen molar-refractivity contribution in [1.29, 1.82) is 0 Å². The maximum absolute atomic E-state index is 11.7. The summed E-state index contributed by atoms with van der Waals surface area (Å²) in [6.07, 6.45) is 1.85. The Kier molecular flexibility index (Phi) is 6.25. The summed E-state index contributed by atoms with van der Waals surface area (Å²) in [6.45, 7) is 2.70. The summed E-state index contributed by atoms with van der Waals surface area (Å²) in [7, 11) is 5.20. The van der Waals surface area contributed by atoms with Crippen molar-refractivity contribution in [2.45, 2.75) is 18.9 Å². The van der Waals surface area contributed by atoms with E-state index in [0.29, 0.717) is 19.3 Å². The van der Waals surface area contributed by atoms with Crippen LogP contribution < -0.4 is 5.48 Å². The number of urea groups is 1. The Morgan fingerprint density at radius 3 is 2.53 bits per heavy atom. The van der Waals surface area contributed by atoms with Crippen LogP contribution in [0.15, 0.2) is 0 Å². The fourth-order valence-electron chi connectivity index (χ4n) is 1.77. The minimum Gasteiger partial charge on any atom is -0.382 e. The van der Waals surface area contributed by atoms with Gasteiger partial charge < -0.3 is 14.5 Å². The fourth-order valence-corrected chi connectivity index (χ4v) is 1.77. The van der Waals surface area contributed by atoms with Crippen LogP contribution in [0.4, 0.5) is 4.79 Å². The number of hydrogen-bond donors (Lipinski definition) is 1. The SMILES string of the molecule is COCCONC1CCN(C(=O)N(C)C)CC1. The molecule has 0 bridgehead atoms. The van der Waals surface area contributed by atoms with E-state index in [1.54, 1.807) is 26.1 Å². The largest absolute Gasteiger partial charge is 0.382 e. The van der Waals surface area contributed by atoms with E-state index < -0.39 is 0 Å². The molecule has 0 radical (unpaired) electrons. The summed E-state index contributed by atoms with van der Waals surface area (Å²) < 4.78 is 4.88. The molecule has 1 N–H and O–H groups in total. The molecule has 0 aromatic rings. The molecule has 1 saturated heterocycles. The summed E-state index contributed by atoms with van der Waals surface area (Å²) in [4.78, 5) is 20.4. The van der Waals surface area contributed by atoms with E-state index in [-0.39, 0.29) is 6.03 Å². The van der Waals surface area contributed by atoms with Gasteiger partial charge in [0.1, 0.15) is 0 Å². The molecular weight excluding hydrogens is 222 g/mol. The molecule has 6 nitrogen and oxygen atoms in total. The van der Waals surface area contributed by atoms with Crippen molar-refractivity contribution in [1.82, 2.24) is 15.3 Å². The maximum atomic E-state index is 11.7. The standard InChI is InChI=1S/C11H23N3O3/c1-13(2)11(15)14-6-4-10(5-7-14)12-17-9-8-16-3/h10,12H,4-9H2,1-3H3. The molecule has 6 heteroatoms. The number of nitrogens with zero attached hydrogens (tertiary/aromatic N) is 2. The number of rotatable bonds is 5. The smallest absolute Gasteiger partial charge is 0.319 e. The number of piperidine rings is 1. The number of methoxy groups -OCH3 is 1. The lowest BCUT2D eigenvalue weighted by molar-refractivity contribution is -0.0218. The number of nitrogens with one attached hydrogen (secondary N) is 1. The zero-order valence-corrected chi connectivity index (χ0v) is 10.9. The minimum absolute atomic E-state index is 0.0868. The van der Waals surface area contributed by atoms with Gasteiger partial charge in [-0.05, 0) is 12.8 Å². The Morgan fingerprint density at radius 2 is 2.00 bits per heavy atom. The van der Waals surface area contributed by atoms with Gasteiger partial charge in [-0.15, -0.1) is 0 Å². The van der Waals surface area contributed by atoms with Crippen molar-refractivity contribution in [3.8, 4) is 0 Å². The molecule has 1 fully saturated rings. The van der Waals surface area contributed by atoms with Gasteiger partial charge >= 0.3 is 6.03 Å². The first-order chi connectivity index (χ1) is 8.15. The molecule has 0 aliphatic carbocycles. The molecule has 100 valence electrons. The number of amides is 2. The average Bonchev–Trinajstić information content (AvgIpc) is 2.34. The second-order valence-electron chi connectivity index (χ2n) is 4.40. The maximum Gasteiger partial charge on any atom is 0.319 e. The van der Waals surface area contributed by atoms with E-state index >= 15 is 0 Å². The predicted octanol–water partition coefficient (Wildman–Crippen LogP) is 0.300. The van der Waals surface area contributed by atoms with Crippen LogP contribution in [0.25, 0.3) is 0 Å². The number of carbonyl (C=O) groups is 1. The van der Waals surface area contributed by atoms with Gasteiger partial charge in [0.15, 0.2) is 0 Å². The van der Waals surface area contributed by atoms with Crippen molar-refractivity contribution in [3.63, 3.8) is 0 Å². The Balaban J connectivity index is 2.15. The molecule has 1 rings (SSSR count). The molecule has 0 saturated carbocycles. The van der Waals surface area contributed by atoms with Crippen LogP contribution in [0.1, 0.15) is 12.8 Å². The second kappa shape index (κ2) is 7.47. The minimum atomic E-state index is 0.0868. The summed E-state index contributed by atoms with van der Waals surface area (Å²) in [5.41, 5.74) is 3.01. The number of carbonyl (C=O) groups excluding carboxylic acids is 1. The molecule has 1 aliphatic heterocycles. The quantitative estimate of drug-likeness (QED) is 0.559. The van der Waals surface area contributed by atoms with E-state index in [9.17, 15) is 4.79 Å². The van der Waals surface area contributed by atoms with E-state index in [4.69, 9.17) is 9.57 Å². The van der Waals surface area contributed by atoms with E-state index in [0.717, 1.165) is 25.9 Å². The van der Waals surface area contributed by atoms with Crippen LogP contribution in [-0.2, 0) is 9.57 Å². The van der Waals surface area contributed by atoms with Crippen LogP contribution in [-0.4, -0.2) is 69.4 Å². The average molecular weight is 245 g/mol. The van der Waals surface area contributed by atoms with Gasteiger partial charge in [0.2, 0.25) is 0 Å². The first-order valence-electron chi connectivity index (χ1n) is 5.97. The highest BCUT2D eigenvalue weighted by Gasteiger charge is 2.23. The Morgan fingerprint density at radius 1 is 1.35 bits per heavy atom. The Bertz CT molecular complexity index is 228. The van der Waals surface area contributed by atoms with Gasteiger partial charge in [-0.3, -0.25) is 4.84 Å². The molecular formula is C11H23N3O3. The van der Waals surface area contributed by atoms with Crippen molar-refractivity contribution in [2.24, 2.45) is 0 Å². The highest BCUT2D eigenvalue weighted by atomic mass is 16.7. The van der Waals surface area contributed by atoms with Crippen molar-refractivity contribution >= 4 is 6.03 Å². The van der Waals surface area contributed by atoms with Gasteiger partial charge in [-0.2, -0.15) is 5.48 Å². The van der Waals surface area contributed by atoms with Gasteiger partial charge in [0, 0.05) is 40.3 Å². The van der Waals surface area contributed by atoms with Gasteiger partial charge in [0.25, 0.3) is 0 Å². The molecule has 2 amide bonds. The molecule has 1 heterocycles. The van der Waals surface area contributed by atoms with Crippen LogP contribution in [0.3, 0.4) is 0 Å². The van der Waals surface area contributed by atoms with Crippen molar-refractivity contribution < 1.29 is 14.4 Å². The third-order valence-electron chi connectivity index (χ3n) is 2.79. The lowest BCUT2D eigenvalue weighted by Crippen LogP contribution is -2.48. The second-order valence-corrected chi connectivity index (χ2v) is 4.40. The topological polar surface area (TPSA) is 54.0 Å². The normalized spacial score (nSPS) is 17.2. The lowest BCUT2D eigenvalue weighted by Gasteiger charge is -2.33. The molecule has 0 atom stereocenters. The summed E-state index contributed by atoms with van der Waals surface area (Å²) in [6, 6.07) is 0.418. The van der Waals surface area contributed by atoms with E-state index in [2.05, 4.69) is 5.48 Å². The van der Waals surface area contributed by atoms with E-state index in [1.165, 1.54) is 0 Å². The predicted molar refractivity (Wildman–Crippen MR) is 64.6 cm³/mol. The summed E-state index contributed by atoms with van der Waals surface area (Å²) in [5, 5.41) is 0. The zero-order valence-electron chi connectivity index (χ0n) is 10.9. The number of likely N-dealkylation sites (tertiary alicyclic amines) is 1. The van der Waals surface area contributed by atoms with Crippen LogP contribution in [0, 0.1) is 0 Å². The third-order valence-corrected chi connectivity index (χ3v) is 2.79. The van der Waals surface area contributed by atoms with Crippen LogP contribution >= 0.6 is 0 Å². The highest BCUT2D eigenvalue weighted by molar-refractivity contribution is 5.73. The monoisotopic (exact) mass is 245 g/mol. The molecule has 0 aromatic carbocycles. The highest BCUT2D eigenvalue weighted by Crippen LogP contribution is 2.11. The number of ether oxygens (including phenoxy) is 1. The van der Waals surface area contributed by atoms with E-state index in [1.807, 2.05) is 4.90 Å². The van der Waals surface area contributed by atoms with Gasteiger partial charge in [0.05, 0.1) is 13.2 Å². The molecule has 17 heavy (non-hydrogen) atoms. The lowest BCUT2D eigenvalue weighted by atomic mass is 10.1. The Labute approximate surface area is 103 Å². The van der Waals surface area contributed by atoms with Gasteiger partial charge in [-0.25, -0.2) is 4.79 Å². The molecule has 0 aromatic heterocycles. The number of hydroxylamine groups is 1. The summed E-state index contributed by atoms with van der Waals surface area (Å²) in [5.74, 6) is 0. The van der Waals surface area contributed by atoms with Crippen LogP contribution in [0.2, 0.25) is 0 Å². The first kappa shape index (κ1) is 14.2. The molecule has 0 unspecified atom stereocenters. The fraction of sp³-hybridized carbons (Fsp3) is 0.909. The van der Waals surface area contributed by atoms with Crippen molar-refractivity contribution in [2.75, 3.05) is 47.5 Å². The number of hydrogen-bond acceptors (Lipinski definition) is 4. The van der Waals surface area contributed by atoms with Crippen LogP contribution in [0.5, 0.6) is 0 Å². The van der Waals surface area contributed by atoms with Gasteiger partial charge in [-0.1, -0.05) is 0 Å². The Hall–Kier alpha value is -0.850.